The minimum absolute atomic E-state index is 0.0529. The van der Waals surface area contributed by atoms with Crippen LogP contribution in [0.1, 0.15) is 5.82 Å². The molecule has 30 heavy (non-hydrogen) atoms. The van der Waals surface area contributed by atoms with Crippen LogP contribution in [0.2, 0.25) is 0 Å². The highest BCUT2D eigenvalue weighted by atomic mass is 32.2. The first-order chi connectivity index (χ1) is 14.6. The second-order valence-corrected chi connectivity index (χ2v) is 7.38. The number of aliphatic hydroxyl groups excluding tert-OH is 1. The molecule has 0 amide bonds. The molecule has 0 saturated carbocycles. The Morgan fingerprint density at radius 3 is 2.67 bits per heavy atom. The van der Waals surface area contributed by atoms with E-state index in [1.807, 2.05) is 36.4 Å². The Morgan fingerprint density at radius 1 is 1.20 bits per heavy atom. The van der Waals surface area contributed by atoms with Gasteiger partial charge in [-0.3, -0.25) is 9.36 Å². The maximum atomic E-state index is 12.8. The van der Waals surface area contributed by atoms with Gasteiger partial charge < -0.3 is 10.1 Å². The summed E-state index contributed by atoms with van der Waals surface area (Å²) >= 11 is 1.17. The summed E-state index contributed by atoms with van der Waals surface area (Å²) in [6.07, 6.45) is 1.62. The maximum absolute atomic E-state index is 12.8. The Morgan fingerprint density at radius 2 is 1.93 bits per heavy atom. The minimum atomic E-state index is -0.177. The number of aliphatic hydroxyl groups is 1. The van der Waals surface area contributed by atoms with Gasteiger partial charge in [-0.1, -0.05) is 42.1 Å². The zero-order valence-corrected chi connectivity index (χ0v) is 16.7. The van der Waals surface area contributed by atoms with Crippen molar-refractivity contribution in [2.75, 3.05) is 5.75 Å². The summed E-state index contributed by atoms with van der Waals surface area (Å²) in [5.41, 5.74) is 1.93. The zero-order valence-electron chi connectivity index (χ0n) is 15.9. The second-order valence-electron chi connectivity index (χ2n) is 6.44. The number of hydrogen-bond donors (Lipinski definition) is 2. The topological polar surface area (TPSA) is 108 Å². The number of allylic oxidation sites excluding steroid dienone is 2. The molecule has 0 aliphatic heterocycles. The van der Waals surface area contributed by atoms with E-state index in [2.05, 4.69) is 21.5 Å². The Labute approximate surface area is 176 Å². The molecule has 2 aromatic carbocycles. The Hall–Kier alpha value is -3.83. The van der Waals surface area contributed by atoms with Crippen molar-refractivity contribution in [2.45, 2.75) is 11.7 Å². The van der Waals surface area contributed by atoms with Crippen LogP contribution in [0.5, 0.6) is 0 Å². The Balaban J connectivity index is 1.70. The van der Waals surface area contributed by atoms with Crippen LogP contribution in [-0.4, -0.2) is 30.4 Å². The van der Waals surface area contributed by atoms with E-state index in [0.29, 0.717) is 27.4 Å². The third-order valence-electron chi connectivity index (χ3n) is 4.50. The first kappa shape index (κ1) is 19.5. The van der Waals surface area contributed by atoms with Crippen LogP contribution in [0.25, 0.3) is 27.5 Å². The highest BCUT2D eigenvalue weighted by Crippen LogP contribution is 2.24. The normalized spacial score (nSPS) is 12.0. The average molecular weight is 415 g/mol. The molecule has 2 N–H and O–H groups in total. The van der Waals surface area contributed by atoms with Crippen molar-refractivity contribution in [1.29, 1.82) is 5.26 Å². The van der Waals surface area contributed by atoms with Crippen LogP contribution in [-0.2, 0) is 6.54 Å². The van der Waals surface area contributed by atoms with Crippen LogP contribution in [0.3, 0.4) is 0 Å². The van der Waals surface area contributed by atoms with E-state index in [4.69, 9.17) is 0 Å². The fraction of sp³-hybridized carbons (Fsp3) is 0.0909. The third kappa shape index (κ3) is 3.58. The molecular weight excluding hydrogens is 398 g/mol. The van der Waals surface area contributed by atoms with Crippen molar-refractivity contribution >= 4 is 39.3 Å². The molecule has 0 bridgehead atoms. The van der Waals surface area contributed by atoms with Crippen LogP contribution in [0, 0.1) is 11.3 Å². The fourth-order valence-corrected chi connectivity index (χ4v) is 3.96. The molecule has 8 heteroatoms. The lowest BCUT2D eigenvalue weighted by Crippen LogP contribution is -2.22. The standard InChI is InChI=1S/C22H17N5O2S/c1-2-11-27-21(29)14-7-3-4-8-16(14)26-22(27)30-13-19(28)15(12-23)20-24-17-9-5-6-10-18(17)25-20/h2-10,28H,1,11,13H2,(H,24,25). The highest BCUT2D eigenvalue weighted by molar-refractivity contribution is 7.99. The number of nitrogens with zero attached hydrogens (tertiary/aromatic N) is 4. The van der Waals surface area contributed by atoms with Gasteiger partial charge in [0.15, 0.2) is 11.0 Å². The monoisotopic (exact) mass is 415 g/mol. The smallest absolute Gasteiger partial charge is 0.262 e. The van der Waals surface area contributed by atoms with Gasteiger partial charge in [0.25, 0.3) is 5.56 Å². The molecule has 7 nitrogen and oxygen atoms in total. The molecule has 0 radical (unpaired) electrons. The number of aromatic nitrogens is 4. The van der Waals surface area contributed by atoms with E-state index in [1.165, 1.54) is 16.3 Å². The minimum Gasteiger partial charge on any atom is -0.510 e. The molecule has 4 aromatic rings. The van der Waals surface area contributed by atoms with Crippen LogP contribution < -0.4 is 5.56 Å². The van der Waals surface area contributed by atoms with Crippen molar-refractivity contribution in [3.63, 3.8) is 0 Å². The van der Waals surface area contributed by atoms with Gasteiger partial charge in [0.1, 0.15) is 17.4 Å². The molecule has 0 aliphatic rings. The van der Waals surface area contributed by atoms with Gasteiger partial charge in [0, 0.05) is 6.54 Å². The number of para-hydroxylation sites is 3. The largest absolute Gasteiger partial charge is 0.510 e. The Kier molecular flexibility index (Phi) is 5.37. The summed E-state index contributed by atoms with van der Waals surface area (Å²) in [6, 6.07) is 16.5. The van der Waals surface area contributed by atoms with Gasteiger partial charge in [-0.2, -0.15) is 5.26 Å². The summed E-state index contributed by atoms with van der Waals surface area (Å²) in [5.74, 6) is 0.211. The first-order valence-corrected chi connectivity index (χ1v) is 10.1. The molecule has 0 saturated heterocycles. The lowest BCUT2D eigenvalue weighted by molar-refractivity contribution is 0.420. The number of nitrogens with one attached hydrogen (secondary N) is 1. The molecule has 0 unspecified atom stereocenters. The van der Waals surface area contributed by atoms with Crippen molar-refractivity contribution in [3.05, 3.63) is 83.1 Å². The molecule has 0 fully saturated rings. The number of benzene rings is 2. The van der Waals surface area contributed by atoms with E-state index in [-0.39, 0.29) is 29.2 Å². The van der Waals surface area contributed by atoms with Crippen LogP contribution in [0.4, 0.5) is 0 Å². The summed E-state index contributed by atoms with van der Waals surface area (Å²) in [7, 11) is 0. The molecule has 2 aromatic heterocycles. The lowest BCUT2D eigenvalue weighted by Gasteiger charge is -2.11. The predicted molar refractivity (Wildman–Crippen MR) is 118 cm³/mol. The first-order valence-electron chi connectivity index (χ1n) is 9.13. The molecule has 4 rings (SSSR count). The third-order valence-corrected chi connectivity index (χ3v) is 5.49. The van der Waals surface area contributed by atoms with Gasteiger partial charge in [0.2, 0.25) is 0 Å². The Bertz CT molecular complexity index is 1360. The maximum Gasteiger partial charge on any atom is 0.262 e. The van der Waals surface area contributed by atoms with Crippen LogP contribution >= 0.6 is 11.8 Å². The van der Waals surface area contributed by atoms with Crippen molar-refractivity contribution in [2.24, 2.45) is 0 Å². The van der Waals surface area contributed by atoms with Gasteiger partial charge in [-0.25, -0.2) is 9.97 Å². The summed E-state index contributed by atoms with van der Waals surface area (Å²) in [4.78, 5) is 24.8. The second kappa shape index (κ2) is 8.27. The molecule has 0 spiro atoms. The van der Waals surface area contributed by atoms with Crippen molar-refractivity contribution in [1.82, 2.24) is 19.5 Å². The number of fused-ring (bicyclic) bond motifs is 2. The molecule has 0 aliphatic carbocycles. The highest BCUT2D eigenvalue weighted by Gasteiger charge is 2.16. The number of rotatable bonds is 6. The molecule has 148 valence electrons. The van der Waals surface area contributed by atoms with E-state index >= 15 is 0 Å². The average Bonchev–Trinajstić information content (AvgIpc) is 3.19. The predicted octanol–water partition coefficient (Wildman–Crippen LogP) is 4.04. The van der Waals surface area contributed by atoms with Gasteiger partial charge in [-0.15, -0.1) is 6.58 Å². The van der Waals surface area contributed by atoms with Crippen molar-refractivity contribution in [3.8, 4) is 6.07 Å². The molecule has 2 heterocycles. The molecular formula is C22H17N5O2S. The van der Waals surface area contributed by atoms with Crippen molar-refractivity contribution < 1.29 is 5.11 Å². The van der Waals surface area contributed by atoms with E-state index in [1.54, 1.807) is 24.3 Å². The van der Waals surface area contributed by atoms with Crippen LogP contribution in [0.15, 0.2) is 76.9 Å². The zero-order chi connectivity index (χ0) is 21.1. The van der Waals surface area contributed by atoms with Gasteiger partial charge in [-0.05, 0) is 24.3 Å². The van der Waals surface area contributed by atoms with Gasteiger partial charge >= 0.3 is 0 Å². The number of H-pyrrole nitrogens is 1. The summed E-state index contributed by atoms with van der Waals surface area (Å²) in [5, 5.41) is 21.1. The van der Waals surface area contributed by atoms with E-state index in [0.717, 1.165) is 5.52 Å². The number of thioether (sulfide) groups is 1. The number of imidazole rings is 1. The lowest BCUT2D eigenvalue weighted by atomic mass is 10.2. The van der Waals surface area contributed by atoms with E-state index < -0.39 is 0 Å². The summed E-state index contributed by atoms with van der Waals surface area (Å²) in [6.45, 7) is 3.99. The molecule has 0 atom stereocenters. The van der Waals surface area contributed by atoms with Gasteiger partial charge in [0.05, 0.1) is 27.7 Å². The summed E-state index contributed by atoms with van der Waals surface area (Å²) < 4.78 is 1.50. The quantitative estimate of drug-likeness (QED) is 0.162. The number of aromatic amines is 1. The number of nitriles is 1. The SMILES string of the molecule is C=CCn1c(SCC(O)=C(C#N)c2nc3ccccc3[nH]2)nc2ccccc2c1=O. The number of hydrogen-bond acceptors (Lipinski definition) is 6. The van der Waals surface area contributed by atoms with E-state index in [9.17, 15) is 15.2 Å². The fourth-order valence-electron chi connectivity index (χ4n) is 3.08.